The number of aryl methyl sites for hydroxylation is 1. The summed E-state index contributed by atoms with van der Waals surface area (Å²) in [6.07, 6.45) is 3.26. The Morgan fingerprint density at radius 1 is 1.31 bits per heavy atom. The third-order valence-corrected chi connectivity index (χ3v) is 5.66. The molecule has 0 spiro atoms. The number of carboxylic acid groups (broad SMARTS) is 1. The van der Waals surface area contributed by atoms with E-state index in [2.05, 4.69) is 10.3 Å². The molecule has 1 fully saturated rings. The van der Waals surface area contributed by atoms with E-state index in [0.29, 0.717) is 24.5 Å². The molecule has 3 heterocycles. The van der Waals surface area contributed by atoms with Crippen LogP contribution in [0.1, 0.15) is 23.9 Å². The number of imidazole rings is 1. The summed E-state index contributed by atoms with van der Waals surface area (Å²) >= 11 is 0. The van der Waals surface area contributed by atoms with Crippen molar-refractivity contribution in [2.24, 2.45) is 0 Å². The zero-order valence-electron chi connectivity index (χ0n) is 18.2. The number of likely N-dealkylation sites (tertiary alicyclic amines) is 1. The lowest BCUT2D eigenvalue weighted by Crippen LogP contribution is -2.31. The molecule has 0 saturated carbocycles. The molecule has 3 aromatic rings. The van der Waals surface area contributed by atoms with Gasteiger partial charge in [0.1, 0.15) is 18.2 Å². The number of rotatable bonds is 6. The lowest BCUT2D eigenvalue weighted by atomic mass is 10.1. The Hall–Kier alpha value is -3.66. The summed E-state index contributed by atoms with van der Waals surface area (Å²) in [5.41, 5.74) is 3.55. The van der Waals surface area contributed by atoms with E-state index in [-0.39, 0.29) is 18.4 Å². The number of nitrogens with zero attached hydrogens (tertiary/aromatic N) is 4. The zero-order valence-corrected chi connectivity index (χ0v) is 18.2. The molecular weight excluding hydrogens is 414 g/mol. The minimum atomic E-state index is -1.17. The molecule has 1 atom stereocenters. The highest BCUT2D eigenvalue weighted by Gasteiger charge is 2.31. The van der Waals surface area contributed by atoms with E-state index < -0.39 is 6.09 Å². The number of carbonyl (C=O) groups excluding carboxylic acids is 1. The van der Waals surface area contributed by atoms with Gasteiger partial charge in [0.2, 0.25) is 5.91 Å². The van der Waals surface area contributed by atoms with Crippen molar-refractivity contribution in [3.8, 4) is 17.0 Å². The summed E-state index contributed by atoms with van der Waals surface area (Å²) < 4.78 is 12.4. The quantitative estimate of drug-likeness (QED) is 0.606. The molecule has 1 aliphatic heterocycles. The fourth-order valence-corrected chi connectivity index (χ4v) is 4.18. The SMILES string of the molecule is COCC(=O)N1CC[C@H](c2nc(-c3ccc(NC(=O)O)c(OC)c3)c3c(C)nccn23)C1. The first-order valence-corrected chi connectivity index (χ1v) is 10.2. The highest BCUT2D eigenvalue weighted by Crippen LogP contribution is 2.36. The molecule has 0 unspecified atom stereocenters. The molecule has 10 heteroatoms. The van der Waals surface area contributed by atoms with Crippen molar-refractivity contribution in [2.45, 2.75) is 19.3 Å². The minimum Gasteiger partial charge on any atom is -0.495 e. The van der Waals surface area contributed by atoms with Crippen molar-refractivity contribution in [1.82, 2.24) is 19.3 Å². The number of hydrogen-bond acceptors (Lipinski definition) is 6. The molecule has 168 valence electrons. The third-order valence-electron chi connectivity index (χ3n) is 5.66. The number of ether oxygens (including phenoxy) is 2. The van der Waals surface area contributed by atoms with Crippen LogP contribution in [-0.2, 0) is 9.53 Å². The van der Waals surface area contributed by atoms with E-state index in [1.165, 1.54) is 14.2 Å². The fraction of sp³-hybridized carbons (Fsp3) is 0.364. The van der Waals surface area contributed by atoms with Crippen molar-refractivity contribution in [2.75, 3.05) is 39.2 Å². The van der Waals surface area contributed by atoms with Crippen molar-refractivity contribution < 1.29 is 24.2 Å². The van der Waals surface area contributed by atoms with Gasteiger partial charge in [0.15, 0.2) is 0 Å². The predicted octanol–water partition coefficient (Wildman–Crippen LogP) is 2.77. The monoisotopic (exact) mass is 439 g/mol. The first-order chi connectivity index (χ1) is 15.4. The minimum absolute atomic E-state index is 0.0276. The summed E-state index contributed by atoms with van der Waals surface area (Å²) in [5, 5.41) is 11.4. The Balaban J connectivity index is 1.76. The molecule has 1 aliphatic rings. The van der Waals surface area contributed by atoms with Gasteiger partial charge in [-0.2, -0.15) is 0 Å². The average molecular weight is 439 g/mol. The summed E-state index contributed by atoms with van der Waals surface area (Å²) in [5.74, 6) is 1.31. The van der Waals surface area contributed by atoms with Gasteiger partial charge in [-0.15, -0.1) is 0 Å². The van der Waals surface area contributed by atoms with E-state index in [4.69, 9.17) is 19.6 Å². The normalized spacial score (nSPS) is 15.8. The number of hydrogen-bond donors (Lipinski definition) is 2. The van der Waals surface area contributed by atoms with Gasteiger partial charge in [-0.1, -0.05) is 6.07 Å². The van der Waals surface area contributed by atoms with Crippen LogP contribution >= 0.6 is 0 Å². The molecule has 1 aromatic carbocycles. The maximum Gasteiger partial charge on any atom is 0.409 e. The van der Waals surface area contributed by atoms with Crippen LogP contribution in [0.4, 0.5) is 10.5 Å². The van der Waals surface area contributed by atoms with E-state index in [9.17, 15) is 9.59 Å². The van der Waals surface area contributed by atoms with E-state index in [0.717, 1.165) is 34.7 Å². The number of methoxy groups -OCH3 is 2. The van der Waals surface area contributed by atoms with E-state index in [1.807, 2.05) is 17.5 Å². The summed E-state index contributed by atoms with van der Waals surface area (Å²) in [6.45, 7) is 3.22. The Bertz CT molecular complexity index is 1170. The number of aromatic nitrogens is 3. The number of nitrogens with one attached hydrogen (secondary N) is 1. The number of amides is 2. The summed E-state index contributed by atoms with van der Waals surface area (Å²) in [6, 6.07) is 5.21. The molecule has 10 nitrogen and oxygen atoms in total. The standard InChI is InChI=1S/C22H25N5O5/c1-13-20-19(14-4-5-16(24-22(29)30)17(10-14)32-3)25-21(27(20)9-7-23-13)15-6-8-26(11-15)18(28)12-31-2/h4-5,7,9-10,15,24H,6,8,11-12H2,1-3H3,(H,29,30)/t15-/m0/s1. The van der Waals surface area contributed by atoms with Crippen molar-refractivity contribution in [1.29, 1.82) is 0 Å². The van der Waals surface area contributed by atoms with Crippen molar-refractivity contribution in [3.05, 3.63) is 42.1 Å². The molecule has 0 radical (unpaired) electrons. The van der Waals surface area contributed by atoms with Crippen LogP contribution in [0.15, 0.2) is 30.6 Å². The van der Waals surface area contributed by atoms with Crippen LogP contribution in [0.5, 0.6) is 5.75 Å². The van der Waals surface area contributed by atoms with Gasteiger partial charge in [0.25, 0.3) is 0 Å². The molecule has 32 heavy (non-hydrogen) atoms. The first-order valence-electron chi connectivity index (χ1n) is 10.2. The largest absolute Gasteiger partial charge is 0.495 e. The lowest BCUT2D eigenvalue weighted by molar-refractivity contribution is -0.134. The number of anilines is 1. The van der Waals surface area contributed by atoms with Gasteiger partial charge in [0, 0.05) is 44.1 Å². The predicted molar refractivity (Wildman–Crippen MR) is 117 cm³/mol. The van der Waals surface area contributed by atoms with Crippen LogP contribution in [0.2, 0.25) is 0 Å². The molecule has 2 aromatic heterocycles. The Morgan fingerprint density at radius 3 is 2.84 bits per heavy atom. The van der Waals surface area contributed by atoms with Crippen molar-refractivity contribution in [3.63, 3.8) is 0 Å². The number of fused-ring (bicyclic) bond motifs is 1. The van der Waals surface area contributed by atoms with Gasteiger partial charge < -0.3 is 19.5 Å². The van der Waals surface area contributed by atoms with Gasteiger partial charge >= 0.3 is 6.09 Å². The second-order valence-corrected chi connectivity index (χ2v) is 7.65. The van der Waals surface area contributed by atoms with Crippen LogP contribution < -0.4 is 10.1 Å². The maximum atomic E-state index is 12.2. The van der Waals surface area contributed by atoms with Crippen LogP contribution in [-0.4, -0.2) is 70.3 Å². The number of benzene rings is 1. The van der Waals surface area contributed by atoms with Crippen molar-refractivity contribution >= 4 is 23.2 Å². The molecule has 4 rings (SSSR count). The molecule has 2 amide bonds. The summed E-state index contributed by atoms with van der Waals surface area (Å²) in [4.78, 5) is 34.5. The summed E-state index contributed by atoms with van der Waals surface area (Å²) in [7, 11) is 3.00. The van der Waals surface area contributed by atoms with Crippen LogP contribution in [0, 0.1) is 6.92 Å². The van der Waals surface area contributed by atoms with E-state index >= 15 is 0 Å². The van der Waals surface area contributed by atoms with Gasteiger partial charge in [-0.3, -0.25) is 19.5 Å². The second-order valence-electron chi connectivity index (χ2n) is 7.65. The highest BCUT2D eigenvalue weighted by molar-refractivity contribution is 5.88. The van der Waals surface area contributed by atoms with Crippen LogP contribution in [0.25, 0.3) is 16.8 Å². The van der Waals surface area contributed by atoms with E-state index in [1.54, 1.807) is 29.3 Å². The Labute approximate surface area is 184 Å². The smallest absolute Gasteiger partial charge is 0.409 e. The Morgan fingerprint density at radius 2 is 2.12 bits per heavy atom. The zero-order chi connectivity index (χ0) is 22.8. The lowest BCUT2D eigenvalue weighted by Gasteiger charge is -2.15. The third kappa shape index (κ3) is 3.96. The molecule has 1 saturated heterocycles. The van der Waals surface area contributed by atoms with Gasteiger partial charge in [0.05, 0.1) is 29.7 Å². The number of carbonyl (C=O) groups is 2. The molecule has 2 N–H and O–H groups in total. The molecule has 0 bridgehead atoms. The highest BCUT2D eigenvalue weighted by atomic mass is 16.5. The fourth-order valence-electron chi connectivity index (χ4n) is 4.18. The van der Waals surface area contributed by atoms with Crippen LogP contribution in [0.3, 0.4) is 0 Å². The van der Waals surface area contributed by atoms with Gasteiger partial charge in [-0.05, 0) is 25.5 Å². The van der Waals surface area contributed by atoms with Gasteiger partial charge in [-0.25, -0.2) is 9.78 Å². The molecule has 0 aliphatic carbocycles. The topological polar surface area (TPSA) is 118 Å². The Kier molecular flexibility index (Phi) is 5.95. The maximum absolute atomic E-state index is 12.2. The second kappa shape index (κ2) is 8.83. The average Bonchev–Trinajstić information content (AvgIpc) is 3.40. The first kappa shape index (κ1) is 21.6. The molecular formula is C22H25N5O5.